The van der Waals surface area contributed by atoms with Gasteiger partial charge in [-0.15, -0.1) is 10.2 Å². The zero-order valence-corrected chi connectivity index (χ0v) is 11.9. The van der Waals surface area contributed by atoms with Gasteiger partial charge in [0.05, 0.1) is 5.56 Å². The van der Waals surface area contributed by atoms with Crippen LogP contribution < -0.4 is 5.32 Å². The molecular formula is C15H11F3N4O. The standard InChI is InChI=1S/C15H11F3N4O/c1-9-20-21-13-7-10(5-6-22(9)13)14(23)19-12-4-2-3-11(8-12)15(16,17)18/h2-8H,1H3,(H,19,23). The van der Waals surface area contributed by atoms with Crippen molar-refractivity contribution in [2.24, 2.45) is 0 Å². The topological polar surface area (TPSA) is 59.3 Å². The molecule has 118 valence electrons. The molecule has 0 spiro atoms. The van der Waals surface area contributed by atoms with Gasteiger partial charge in [-0.1, -0.05) is 6.07 Å². The Bertz CT molecular complexity index is 886. The number of benzene rings is 1. The second-order valence-electron chi connectivity index (χ2n) is 4.92. The van der Waals surface area contributed by atoms with Crippen LogP contribution in [-0.4, -0.2) is 20.5 Å². The number of aryl methyl sites for hydroxylation is 1. The highest BCUT2D eigenvalue weighted by molar-refractivity contribution is 6.04. The maximum Gasteiger partial charge on any atom is 0.416 e. The van der Waals surface area contributed by atoms with Crippen molar-refractivity contribution in [1.82, 2.24) is 14.6 Å². The van der Waals surface area contributed by atoms with Crippen LogP contribution in [0.1, 0.15) is 21.7 Å². The Hall–Kier alpha value is -2.90. The normalized spacial score (nSPS) is 11.7. The van der Waals surface area contributed by atoms with E-state index in [9.17, 15) is 18.0 Å². The van der Waals surface area contributed by atoms with Gasteiger partial charge < -0.3 is 5.32 Å². The number of anilines is 1. The summed E-state index contributed by atoms with van der Waals surface area (Å²) in [5, 5.41) is 10.2. The van der Waals surface area contributed by atoms with Gasteiger partial charge in [-0.2, -0.15) is 13.2 Å². The molecule has 0 atom stereocenters. The number of hydrogen-bond donors (Lipinski definition) is 1. The average Bonchev–Trinajstić information content (AvgIpc) is 2.87. The number of alkyl halides is 3. The number of carbonyl (C=O) groups is 1. The van der Waals surface area contributed by atoms with E-state index < -0.39 is 17.6 Å². The highest BCUT2D eigenvalue weighted by Gasteiger charge is 2.30. The van der Waals surface area contributed by atoms with Crippen molar-refractivity contribution in [3.8, 4) is 0 Å². The second kappa shape index (κ2) is 5.38. The van der Waals surface area contributed by atoms with Crippen molar-refractivity contribution in [3.05, 3.63) is 59.5 Å². The van der Waals surface area contributed by atoms with Crippen LogP contribution in [0.5, 0.6) is 0 Å². The number of halogens is 3. The van der Waals surface area contributed by atoms with Gasteiger partial charge >= 0.3 is 6.18 Å². The molecule has 2 heterocycles. The van der Waals surface area contributed by atoms with Crippen molar-refractivity contribution >= 4 is 17.2 Å². The molecule has 3 rings (SSSR count). The second-order valence-corrected chi connectivity index (χ2v) is 4.92. The maximum absolute atomic E-state index is 12.7. The predicted molar refractivity (Wildman–Crippen MR) is 77.1 cm³/mol. The molecule has 0 aliphatic heterocycles. The minimum Gasteiger partial charge on any atom is -0.322 e. The largest absolute Gasteiger partial charge is 0.416 e. The van der Waals surface area contributed by atoms with Gasteiger partial charge in [0.15, 0.2) is 5.65 Å². The van der Waals surface area contributed by atoms with Crippen LogP contribution in [0.4, 0.5) is 18.9 Å². The van der Waals surface area contributed by atoms with Crippen LogP contribution in [-0.2, 0) is 6.18 Å². The van der Waals surface area contributed by atoms with Crippen LogP contribution in [0, 0.1) is 6.92 Å². The number of nitrogens with zero attached hydrogens (tertiary/aromatic N) is 3. The zero-order valence-electron chi connectivity index (χ0n) is 11.9. The Balaban J connectivity index is 1.85. The fourth-order valence-corrected chi connectivity index (χ4v) is 2.13. The van der Waals surface area contributed by atoms with Crippen molar-refractivity contribution in [2.75, 3.05) is 5.32 Å². The van der Waals surface area contributed by atoms with Gasteiger partial charge in [-0.05, 0) is 37.3 Å². The molecule has 2 aromatic heterocycles. The van der Waals surface area contributed by atoms with Crippen molar-refractivity contribution < 1.29 is 18.0 Å². The first kappa shape index (κ1) is 15.0. The third-order valence-corrected chi connectivity index (χ3v) is 3.29. The first-order chi connectivity index (χ1) is 10.8. The van der Waals surface area contributed by atoms with Crippen LogP contribution in [0.3, 0.4) is 0 Å². The van der Waals surface area contributed by atoms with Gasteiger partial charge in [0, 0.05) is 17.4 Å². The molecule has 3 aromatic rings. The molecular weight excluding hydrogens is 309 g/mol. The SMILES string of the molecule is Cc1nnc2cc(C(=O)Nc3cccc(C(F)(F)F)c3)ccn12. The predicted octanol–water partition coefficient (Wildman–Crippen LogP) is 3.31. The summed E-state index contributed by atoms with van der Waals surface area (Å²) in [6, 6.07) is 7.53. The van der Waals surface area contributed by atoms with E-state index in [0.29, 0.717) is 11.5 Å². The van der Waals surface area contributed by atoms with Crippen LogP contribution in [0.15, 0.2) is 42.6 Å². The molecule has 0 unspecified atom stereocenters. The summed E-state index contributed by atoms with van der Waals surface area (Å²) < 4.78 is 39.7. The zero-order chi connectivity index (χ0) is 16.6. The van der Waals surface area contributed by atoms with Crippen LogP contribution in [0.25, 0.3) is 5.65 Å². The Kier molecular flexibility index (Phi) is 3.51. The first-order valence-corrected chi connectivity index (χ1v) is 6.64. The van der Waals surface area contributed by atoms with E-state index in [1.165, 1.54) is 18.2 Å². The number of amides is 1. The summed E-state index contributed by atoms with van der Waals surface area (Å²) >= 11 is 0. The van der Waals surface area contributed by atoms with Gasteiger partial charge in [0.25, 0.3) is 5.91 Å². The van der Waals surface area contributed by atoms with Crippen LogP contribution >= 0.6 is 0 Å². The van der Waals surface area contributed by atoms with E-state index in [-0.39, 0.29) is 11.3 Å². The molecule has 1 aromatic carbocycles. The highest BCUT2D eigenvalue weighted by Crippen LogP contribution is 2.30. The lowest BCUT2D eigenvalue weighted by Gasteiger charge is -2.10. The van der Waals surface area contributed by atoms with Crippen LogP contribution in [0.2, 0.25) is 0 Å². The minimum absolute atomic E-state index is 0.0716. The molecule has 23 heavy (non-hydrogen) atoms. The molecule has 0 aliphatic carbocycles. The minimum atomic E-state index is -4.46. The smallest absolute Gasteiger partial charge is 0.322 e. The highest BCUT2D eigenvalue weighted by atomic mass is 19.4. The summed E-state index contributed by atoms with van der Waals surface area (Å²) in [5.74, 6) is 0.150. The molecule has 0 saturated carbocycles. The lowest BCUT2D eigenvalue weighted by Crippen LogP contribution is -2.13. The first-order valence-electron chi connectivity index (χ1n) is 6.64. The number of fused-ring (bicyclic) bond motifs is 1. The molecule has 0 radical (unpaired) electrons. The Morgan fingerprint density at radius 2 is 1.96 bits per heavy atom. The molecule has 0 aliphatic rings. The van der Waals surface area contributed by atoms with Gasteiger partial charge in [0.1, 0.15) is 5.82 Å². The van der Waals surface area contributed by atoms with Gasteiger partial charge in [-0.3, -0.25) is 9.20 Å². The molecule has 1 amide bonds. The molecule has 0 fully saturated rings. The Labute approximate surface area is 128 Å². The number of nitrogens with one attached hydrogen (secondary N) is 1. The van der Waals surface area contributed by atoms with E-state index in [1.807, 2.05) is 0 Å². The molecule has 0 bridgehead atoms. The molecule has 1 N–H and O–H groups in total. The summed E-state index contributed by atoms with van der Waals surface area (Å²) in [6.45, 7) is 1.77. The lowest BCUT2D eigenvalue weighted by molar-refractivity contribution is -0.137. The van der Waals surface area contributed by atoms with Crippen molar-refractivity contribution in [2.45, 2.75) is 13.1 Å². The van der Waals surface area contributed by atoms with Gasteiger partial charge in [-0.25, -0.2) is 0 Å². The molecule has 0 saturated heterocycles. The lowest BCUT2D eigenvalue weighted by atomic mass is 10.2. The van der Waals surface area contributed by atoms with Gasteiger partial charge in [0.2, 0.25) is 0 Å². The summed E-state index contributed by atoms with van der Waals surface area (Å²) in [6.07, 6.45) is -2.83. The van der Waals surface area contributed by atoms with E-state index >= 15 is 0 Å². The molecule has 5 nitrogen and oxygen atoms in total. The fourth-order valence-electron chi connectivity index (χ4n) is 2.13. The summed E-state index contributed by atoms with van der Waals surface area (Å²) in [5.41, 5.74) is 0.0164. The molecule has 8 heteroatoms. The summed E-state index contributed by atoms with van der Waals surface area (Å²) in [7, 11) is 0. The van der Waals surface area contributed by atoms with E-state index in [0.717, 1.165) is 12.1 Å². The number of aromatic nitrogens is 3. The monoisotopic (exact) mass is 320 g/mol. The van der Waals surface area contributed by atoms with Crippen molar-refractivity contribution in [3.63, 3.8) is 0 Å². The maximum atomic E-state index is 12.7. The number of hydrogen-bond acceptors (Lipinski definition) is 3. The summed E-state index contributed by atoms with van der Waals surface area (Å²) in [4.78, 5) is 12.2. The third-order valence-electron chi connectivity index (χ3n) is 3.29. The van der Waals surface area contributed by atoms with E-state index in [2.05, 4.69) is 15.5 Å². The quantitative estimate of drug-likeness (QED) is 0.788. The van der Waals surface area contributed by atoms with E-state index in [1.54, 1.807) is 23.6 Å². The number of rotatable bonds is 2. The Morgan fingerprint density at radius 1 is 1.17 bits per heavy atom. The van der Waals surface area contributed by atoms with E-state index in [4.69, 9.17) is 0 Å². The third kappa shape index (κ3) is 3.01. The average molecular weight is 320 g/mol. The van der Waals surface area contributed by atoms with Crippen molar-refractivity contribution in [1.29, 1.82) is 0 Å². The fraction of sp³-hybridized carbons (Fsp3) is 0.133. The number of carbonyl (C=O) groups excluding carboxylic acids is 1. The Morgan fingerprint density at radius 3 is 2.70 bits per heavy atom. The number of pyridine rings is 1.